The third kappa shape index (κ3) is 17.8. The highest BCUT2D eigenvalue weighted by atomic mass is 16.7. The average Bonchev–Trinajstić information content (AvgIpc) is 0.759. The Kier molecular flexibility index (Phi) is 23.6. The number of rotatable bonds is 23. The monoisotopic (exact) mass is 1690 g/mol. The second-order valence-corrected chi connectivity index (χ2v) is 26.2. The van der Waals surface area contributed by atoms with Crippen LogP contribution in [0.4, 0.5) is 0 Å². The van der Waals surface area contributed by atoms with E-state index in [0.29, 0.717) is 115 Å². The molecule has 11 rings (SSSR count). The number of carbonyl (C=O) groups excluding carboxylic acids is 10. The van der Waals surface area contributed by atoms with Gasteiger partial charge in [0.25, 0.3) is 0 Å². The molecule has 5 unspecified atom stereocenters. The van der Waals surface area contributed by atoms with Crippen LogP contribution in [0.1, 0.15) is 128 Å². The Morgan fingerprint density at radius 1 is 0.254 bits per heavy atom. The van der Waals surface area contributed by atoms with E-state index in [1.54, 1.807) is 0 Å². The second-order valence-electron chi connectivity index (χ2n) is 26.2. The van der Waals surface area contributed by atoms with Gasteiger partial charge in [0.1, 0.15) is 6.10 Å². The standard InChI is InChI=1S/C79H58O43/c1-25-4-28(7-39(82)59(25)96)71(106)116-58-23-35(18-52(95)68(58)105)78(113)122-79-36(24-38(81)27-6-49(92)65(102)55(20-27)115-73(108)30-10-42(85)61(98)43(86)11-30)69(120-76(111)33-16-50(93)66(103)56(21-33)117-74(109)31-12-44(87)62(99)45(88)13-31)70(121-77(112)34-17-51(94)67(104)57(22-34)118-75(110)32-14-46(89)63(100)47(90)15-32)53(119-79)3-2-37(80)26-5-48(91)64(101)54(19-26)114-72(107)29-8-40(83)60(97)41(84)9-29/h4-23,36,53,69-70,79,82-105H,2-3,24H2,1H3. The second kappa shape index (κ2) is 33.7. The largest absolute Gasteiger partial charge is 0.504 e. The zero-order valence-electron chi connectivity index (χ0n) is 61.0. The molecular weight excluding hydrogens is 1640 g/mol. The number of phenolic OH excluding ortho intramolecular Hbond substituents is 24. The van der Waals surface area contributed by atoms with Crippen LogP contribution < -0.4 is 23.7 Å². The Morgan fingerprint density at radius 3 is 0.762 bits per heavy atom. The van der Waals surface area contributed by atoms with Gasteiger partial charge >= 0.3 is 47.8 Å². The van der Waals surface area contributed by atoms with E-state index in [4.69, 9.17) is 42.6 Å². The molecule has 122 heavy (non-hydrogen) atoms. The van der Waals surface area contributed by atoms with Crippen LogP contribution in [-0.2, 0) is 18.9 Å². The maximum absolute atomic E-state index is 15.4. The highest BCUT2D eigenvalue weighted by molar-refractivity contribution is 6.02. The molecular formula is C79H58O43. The van der Waals surface area contributed by atoms with Crippen LogP contribution in [-0.4, -0.2) is 206 Å². The summed E-state index contributed by atoms with van der Waals surface area (Å²) >= 11 is 0. The van der Waals surface area contributed by atoms with Crippen LogP contribution in [0.25, 0.3) is 0 Å². The van der Waals surface area contributed by atoms with Crippen LogP contribution in [0.15, 0.2) is 121 Å². The lowest BCUT2D eigenvalue weighted by atomic mass is 9.83. The van der Waals surface area contributed by atoms with Crippen LogP contribution in [0.5, 0.6) is 167 Å². The molecule has 1 aliphatic rings. The molecule has 1 saturated heterocycles. The molecule has 10 aromatic carbocycles. The summed E-state index contributed by atoms with van der Waals surface area (Å²) in [6, 6.07) is 10.7. The summed E-state index contributed by atoms with van der Waals surface area (Å²) in [6.07, 6.45) is -14.5. The minimum atomic E-state index is -2.79. The van der Waals surface area contributed by atoms with Gasteiger partial charge in [-0.25, -0.2) is 38.4 Å². The number of aromatic hydroxyl groups is 24. The van der Waals surface area contributed by atoms with Crippen molar-refractivity contribution in [1.82, 2.24) is 0 Å². The van der Waals surface area contributed by atoms with E-state index in [9.17, 15) is 151 Å². The van der Waals surface area contributed by atoms with Gasteiger partial charge in [-0.2, -0.15) is 0 Å². The molecule has 0 radical (unpaired) electrons. The third-order valence-electron chi connectivity index (χ3n) is 17.9. The summed E-state index contributed by atoms with van der Waals surface area (Å²) in [6.45, 7) is 1.23. The Morgan fingerprint density at radius 2 is 0.475 bits per heavy atom. The van der Waals surface area contributed by atoms with Crippen molar-refractivity contribution in [1.29, 1.82) is 0 Å². The van der Waals surface area contributed by atoms with E-state index in [2.05, 4.69) is 0 Å². The normalized spacial score (nSPS) is 14.7. The highest BCUT2D eigenvalue weighted by Crippen LogP contribution is 2.48. The zero-order valence-corrected chi connectivity index (χ0v) is 61.0. The smallest absolute Gasteiger partial charge is 0.343 e. The van der Waals surface area contributed by atoms with Crippen LogP contribution in [0, 0.1) is 12.8 Å². The molecule has 0 aliphatic carbocycles. The van der Waals surface area contributed by atoms with E-state index in [0.717, 1.165) is 6.07 Å². The van der Waals surface area contributed by atoms with Crippen molar-refractivity contribution in [3.63, 3.8) is 0 Å². The predicted octanol–water partition coefficient (Wildman–Crippen LogP) is 6.91. The lowest BCUT2D eigenvalue weighted by Crippen LogP contribution is -2.59. The van der Waals surface area contributed by atoms with E-state index in [-0.39, 0.29) is 5.56 Å². The number of phenols is 24. The summed E-state index contributed by atoms with van der Waals surface area (Å²) < 4.78 is 50.4. The summed E-state index contributed by atoms with van der Waals surface area (Å²) in [5.74, 6) is -53.1. The van der Waals surface area contributed by atoms with Gasteiger partial charge in [0.15, 0.2) is 162 Å². The molecule has 43 nitrogen and oxygen atoms in total. The zero-order chi connectivity index (χ0) is 89.4. The summed E-state index contributed by atoms with van der Waals surface area (Å²) in [5.41, 5.74) is -8.71. The number of Topliss-reactive ketones (excluding diaryl/α,β-unsaturated/α-hetero) is 2. The first-order chi connectivity index (χ1) is 57.4. The molecule has 5 atom stereocenters. The molecule has 0 saturated carbocycles. The first-order valence-corrected chi connectivity index (χ1v) is 34.1. The van der Waals surface area contributed by atoms with E-state index in [1.807, 2.05) is 0 Å². The van der Waals surface area contributed by atoms with Crippen molar-refractivity contribution in [3.8, 4) is 167 Å². The fraction of sp³-hybridized carbons (Fsp3) is 0.114. The van der Waals surface area contributed by atoms with Gasteiger partial charge < -0.3 is 165 Å². The number of ketones is 2. The van der Waals surface area contributed by atoms with Crippen LogP contribution >= 0.6 is 0 Å². The van der Waals surface area contributed by atoms with Gasteiger partial charge in [0, 0.05) is 24.0 Å². The number of hydrogen-bond acceptors (Lipinski definition) is 43. The number of ether oxygens (including phenoxy) is 9. The maximum atomic E-state index is 15.4. The minimum absolute atomic E-state index is 0.120. The minimum Gasteiger partial charge on any atom is -0.504 e. The molecule has 1 fully saturated rings. The van der Waals surface area contributed by atoms with Gasteiger partial charge in [-0.05, 0) is 140 Å². The number of benzene rings is 10. The lowest BCUT2D eigenvalue weighted by Gasteiger charge is -2.45. The van der Waals surface area contributed by atoms with Gasteiger partial charge in [0.2, 0.25) is 35.0 Å². The topological polar surface area (TPSA) is 739 Å². The van der Waals surface area contributed by atoms with Gasteiger partial charge in [-0.3, -0.25) is 9.59 Å². The van der Waals surface area contributed by atoms with Gasteiger partial charge in [-0.1, -0.05) is 0 Å². The van der Waals surface area contributed by atoms with Crippen molar-refractivity contribution >= 4 is 59.3 Å². The Hall–Kier alpha value is -17.5. The molecule has 24 N–H and O–H groups in total. The maximum Gasteiger partial charge on any atom is 0.343 e. The fourth-order valence-electron chi connectivity index (χ4n) is 11.7. The molecule has 632 valence electrons. The van der Waals surface area contributed by atoms with Crippen LogP contribution in [0.2, 0.25) is 0 Å². The van der Waals surface area contributed by atoms with Crippen molar-refractivity contribution in [2.75, 3.05) is 0 Å². The van der Waals surface area contributed by atoms with Crippen molar-refractivity contribution < 1.29 is 213 Å². The molecule has 0 spiro atoms. The number of esters is 8. The Balaban J connectivity index is 1.09. The predicted molar refractivity (Wildman–Crippen MR) is 392 cm³/mol. The first kappa shape index (κ1) is 85.3. The highest BCUT2D eigenvalue weighted by Gasteiger charge is 2.53. The van der Waals surface area contributed by atoms with E-state index < -0.39 is 331 Å². The number of aryl methyl sites for hydroxylation is 1. The average molecular weight is 1700 g/mol. The molecule has 10 aromatic rings. The summed E-state index contributed by atoms with van der Waals surface area (Å²) in [5, 5.41) is 252. The molecule has 1 aliphatic heterocycles. The summed E-state index contributed by atoms with van der Waals surface area (Å²) in [4.78, 5) is 144. The molecule has 43 heteroatoms. The number of hydrogen-bond donors (Lipinski definition) is 24. The third-order valence-corrected chi connectivity index (χ3v) is 17.9. The SMILES string of the molecule is Cc1cc(C(=O)Oc2cc(C(=O)OC3OC(CCC(=O)c4cc(O)c(O)c(OC(=O)c5cc(O)c(O)c(O)c5)c4)C(OC(=O)c4cc(O)c(O)c(OC(=O)c5cc(O)c(O)c(O)c5)c4)C(OC(=O)c4cc(O)c(O)c(OC(=O)c5cc(O)c(O)c(O)c5)c4)C3CC(=O)c3cc(O)c(O)c(OC(=O)c4cc(O)c(O)c(O)c4)c3)cc(O)c2O)cc(O)c1O. The van der Waals surface area contributed by atoms with Crippen LogP contribution in [0.3, 0.4) is 0 Å². The fourth-order valence-corrected chi connectivity index (χ4v) is 11.7. The molecule has 1 heterocycles. The van der Waals surface area contributed by atoms with E-state index in [1.165, 1.54) is 6.92 Å². The molecule has 0 amide bonds. The van der Waals surface area contributed by atoms with Gasteiger partial charge in [0.05, 0.1) is 50.4 Å². The van der Waals surface area contributed by atoms with Crippen molar-refractivity contribution in [2.45, 2.75) is 50.8 Å². The quantitative estimate of drug-likeness (QED) is 0.0102. The summed E-state index contributed by atoms with van der Waals surface area (Å²) in [7, 11) is 0. The Bertz CT molecular complexity index is 5970. The Labute approximate surface area is 676 Å². The van der Waals surface area contributed by atoms with Gasteiger partial charge in [-0.15, -0.1) is 0 Å². The molecule has 0 aromatic heterocycles. The lowest BCUT2D eigenvalue weighted by molar-refractivity contribution is -0.261. The van der Waals surface area contributed by atoms with Crippen molar-refractivity contribution in [3.05, 3.63) is 183 Å². The first-order valence-electron chi connectivity index (χ1n) is 34.1. The van der Waals surface area contributed by atoms with E-state index >= 15 is 19.2 Å². The van der Waals surface area contributed by atoms with Crippen molar-refractivity contribution in [2.24, 2.45) is 5.92 Å². The number of carbonyl (C=O) groups is 10. The molecule has 0 bridgehead atoms.